The van der Waals surface area contributed by atoms with Crippen molar-refractivity contribution in [3.8, 4) is 0 Å². The van der Waals surface area contributed by atoms with Gasteiger partial charge < -0.3 is 64.2 Å². The molecule has 0 amide bonds. The number of ether oxygens (including phenoxy) is 6. The van der Waals surface area contributed by atoms with Gasteiger partial charge in [-0.1, -0.05) is 194 Å². The van der Waals surface area contributed by atoms with Crippen LogP contribution < -0.4 is 0 Å². The summed E-state index contributed by atoms with van der Waals surface area (Å²) in [6.45, 7) is 3.46. The number of unbranched alkanes of at least 4 members (excludes halogenated alkanes) is 16. The fraction of sp³-hybridized carbons (Fsp3) is 0.708. The van der Waals surface area contributed by atoms with Crippen LogP contribution in [0.4, 0.5) is 0 Å². The number of rotatable bonds is 48. The summed E-state index contributed by atoms with van der Waals surface area (Å²) in [7, 11) is 0. The molecule has 7 N–H and O–H groups in total. The third-order valence-corrected chi connectivity index (χ3v) is 13.8. The maximum absolute atomic E-state index is 13.1. The van der Waals surface area contributed by atoms with E-state index in [2.05, 4.69) is 123 Å². The Hall–Kier alpha value is -3.35. The Morgan fingerprint density at radius 3 is 1.29 bits per heavy atom. The smallest absolute Gasteiger partial charge is 0.306 e. The van der Waals surface area contributed by atoms with E-state index < -0.39 is 86.7 Å². The summed E-state index contributed by atoms with van der Waals surface area (Å²) >= 11 is 0. The first-order valence-corrected chi connectivity index (χ1v) is 30.5. The predicted octanol–water partition coefficient (Wildman–Crippen LogP) is 11.5. The van der Waals surface area contributed by atoms with Gasteiger partial charge in [0.25, 0.3) is 0 Å². The lowest BCUT2D eigenvalue weighted by atomic mass is 9.98. The van der Waals surface area contributed by atoms with E-state index >= 15 is 0 Å². The largest absolute Gasteiger partial charge is 0.457 e. The molecule has 2 saturated heterocycles. The lowest BCUT2D eigenvalue weighted by molar-refractivity contribution is -0.332. The van der Waals surface area contributed by atoms with Crippen LogP contribution in [-0.4, -0.2) is 142 Å². The molecule has 2 fully saturated rings. The van der Waals surface area contributed by atoms with Crippen LogP contribution in [0.25, 0.3) is 0 Å². The van der Waals surface area contributed by atoms with Crippen molar-refractivity contribution < 1.29 is 69.0 Å². The van der Waals surface area contributed by atoms with Crippen molar-refractivity contribution in [3.63, 3.8) is 0 Å². The minimum Gasteiger partial charge on any atom is -0.457 e. The summed E-state index contributed by atoms with van der Waals surface area (Å²) in [6, 6.07) is 0. The second-order valence-corrected chi connectivity index (χ2v) is 20.8. The molecule has 0 aliphatic carbocycles. The number of carbonyl (C=O) groups excluding carboxylic acids is 1. The Bertz CT molecular complexity index is 1720. The number of carbonyl (C=O) groups is 1. The summed E-state index contributed by atoms with van der Waals surface area (Å²) in [5.41, 5.74) is 0. The number of hydrogen-bond donors (Lipinski definition) is 7. The van der Waals surface area contributed by atoms with Gasteiger partial charge in [-0.25, -0.2) is 0 Å². The molecule has 2 heterocycles. The summed E-state index contributed by atoms with van der Waals surface area (Å²) in [5, 5.41) is 72.4. The van der Waals surface area contributed by atoms with Gasteiger partial charge >= 0.3 is 5.97 Å². The highest BCUT2D eigenvalue weighted by Gasteiger charge is 2.47. The van der Waals surface area contributed by atoms with Crippen molar-refractivity contribution in [1.29, 1.82) is 0 Å². The molecule has 0 bridgehead atoms. The third-order valence-electron chi connectivity index (χ3n) is 13.8. The van der Waals surface area contributed by atoms with E-state index in [9.17, 15) is 40.5 Å². The van der Waals surface area contributed by atoms with Crippen molar-refractivity contribution in [2.24, 2.45) is 0 Å². The molecule has 11 atom stereocenters. The van der Waals surface area contributed by atoms with Crippen LogP contribution in [0.5, 0.6) is 0 Å². The molecule has 2 aliphatic rings. The van der Waals surface area contributed by atoms with Gasteiger partial charge in [0.15, 0.2) is 12.6 Å². The first kappa shape index (κ1) is 71.8. The Kier molecular flexibility index (Phi) is 45.8. The normalized spacial score (nSPS) is 24.8. The van der Waals surface area contributed by atoms with Gasteiger partial charge in [-0.3, -0.25) is 4.79 Å². The SMILES string of the molecule is CC/C=C\C/C=C\C/C=C\C/C=C\C/C=C\C/C=C\CCCCCOCC(COC1OC(COC2OC(CO)C(O)C(O)C2O)C(O)C(O)C1O)OC(=O)CCCCCCCCCC/C=C\C/C=C\C/C=C\CCCCCCC. The monoisotopic (exact) mass is 1110 g/mol. The fourth-order valence-corrected chi connectivity index (χ4v) is 8.88. The summed E-state index contributed by atoms with van der Waals surface area (Å²) < 4.78 is 34.4. The standard InChI is InChI=1S/C65H108O14/c1-3-5-7-9-11-13-15-17-19-21-23-25-27-28-30-32-34-36-38-40-42-44-46-48-57(67)77-54(51-74-49-47-45-43-41-39-37-35-33-31-29-26-24-22-20-18-16-14-12-10-8-6-4-2)52-75-64-63(73)61(71)59(69)56(79-64)53-76-65-62(72)60(70)58(68)55(50-66)78-65/h6,8,12,14-15,17-18,20-21,23-24,26-28,31,33,37,39,54-56,58-66,68-73H,3-5,7,9-11,13,16,19,22,25,29-30,32,34-36,38,40-53H2,1-2H3/b8-6-,14-12-,17-15-,20-18-,23-21-,26-24-,28-27-,33-31-,39-37-. The van der Waals surface area contributed by atoms with Crippen LogP contribution in [0.2, 0.25) is 0 Å². The second kappa shape index (κ2) is 50.4. The minimum absolute atomic E-state index is 0.0284. The first-order chi connectivity index (χ1) is 38.6. The molecule has 14 heteroatoms. The van der Waals surface area contributed by atoms with E-state index in [1.807, 2.05) is 0 Å². The lowest BCUT2D eigenvalue weighted by Crippen LogP contribution is -2.61. The maximum Gasteiger partial charge on any atom is 0.306 e. The molecule has 0 spiro atoms. The second-order valence-electron chi connectivity index (χ2n) is 20.8. The van der Waals surface area contributed by atoms with Gasteiger partial charge in [0.05, 0.1) is 26.4 Å². The minimum atomic E-state index is -1.72. The highest BCUT2D eigenvalue weighted by atomic mass is 16.7. The summed E-state index contributed by atoms with van der Waals surface area (Å²) in [4.78, 5) is 13.1. The first-order valence-electron chi connectivity index (χ1n) is 30.5. The van der Waals surface area contributed by atoms with E-state index in [1.165, 1.54) is 64.2 Å². The van der Waals surface area contributed by atoms with Gasteiger partial charge in [0.2, 0.25) is 0 Å². The zero-order chi connectivity index (χ0) is 57.2. The van der Waals surface area contributed by atoms with Gasteiger partial charge in [-0.2, -0.15) is 0 Å². The molecule has 0 aromatic heterocycles. The van der Waals surface area contributed by atoms with Crippen LogP contribution in [0.3, 0.4) is 0 Å². The molecule has 0 saturated carbocycles. The van der Waals surface area contributed by atoms with Crippen LogP contribution >= 0.6 is 0 Å². The third kappa shape index (κ3) is 36.7. The van der Waals surface area contributed by atoms with Gasteiger partial charge in [-0.05, 0) is 103 Å². The number of esters is 1. The van der Waals surface area contributed by atoms with Gasteiger partial charge in [0.1, 0.15) is 54.9 Å². The zero-order valence-corrected chi connectivity index (χ0v) is 48.6. The Morgan fingerprint density at radius 2 is 0.823 bits per heavy atom. The molecule has 79 heavy (non-hydrogen) atoms. The average molecular weight is 1110 g/mol. The molecule has 0 radical (unpaired) electrons. The van der Waals surface area contributed by atoms with E-state index in [-0.39, 0.29) is 19.6 Å². The number of aliphatic hydroxyl groups excluding tert-OH is 7. The van der Waals surface area contributed by atoms with Gasteiger partial charge in [0, 0.05) is 13.0 Å². The molecule has 0 aromatic carbocycles. The van der Waals surface area contributed by atoms with E-state index in [0.29, 0.717) is 13.0 Å². The molecular formula is C65H108O14. The lowest BCUT2D eigenvalue weighted by Gasteiger charge is -2.42. The van der Waals surface area contributed by atoms with Crippen molar-refractivity contribution in [2.75, 3.05) is 33.0 Å². The molecule has 452 valence electrons. The molecule has 2 rings (SSSR count). The van der Waals surface area contributed by atoms with Crippen LogP contribution in [0.15, 0.2) is 109 Å². The number of hydrogen-bond acceptors (Lipinski definition) is 14. The number of allylic oxidation sites excluding steroid dienone is 18. The van der Waals surface area contributed by atoms with Gasteiger partial charge in [-0.15, -0.1) is 0 Å². The Morgan fingerprint density at radius 1 is 0.430 bits per heavy atom. The van der Waals surface area contributed by atoms with E-state index in [0.717, 1.165) is 103 Å². The van der Waals surface area contributed by atoms with Crippen LogP contribution in [0, 0.1) is 0 Å². The topological polar surface area (TPSA) is 214 Å². The Balaban J connectivity index is 1.73. The van der Waals surface area contributed by atoms with Crippen LogP contribution in [-0.2, 0) is 33.2 Å². The highest BCUT2D eigenvalue weighted by Crippen LogP contribution is 2.26. The average Bonchev–Trinajstić information content (AvgIpc) is 3.46. The van der Waals surface area contributed by atoms with E-state index in [1.54, 1.807) is 0 Å². The quantitative estimate of drug-likeness (QED) is 0.0172. The molecule has 0 aromatic rings. The van der Waals surface area contributed by atoms with E-state index in [4.69, 9.17) is 28.4 Å². The molecular weight excluding hydrogens is 1000 g/mol. The molecule has 14 nitrogen and oxygen atoms in total. The van der Waals surface area contributed by atoms with Crippen LogP contribution in [0.1, 0.15) is 194 Å². The summed E-state index contributed by atoms with van der Waals surface area (Å²) in [6.07, 6.45) is 52.9. The van der Waals surface area contributed by atoms with Crippen molar-refractivity contribution in [3.05, 3.63) is 109 Å². The maximum atomic E-state index is 13.1. The fourth-order valence-electron chi connectivity index (χ4n) is 8.88. The summed E-state index contributed by atoms with van der Waals surface area (Å²) in [5.74, 6) is -0.399. The molecule has 2 aliphatic heterocycles. The zero-order valence-electron chi connectivity index (χ0n) is 48.6. The predicted molar refractivity (Wildman–Crippen MR) is 316 cm³/mol. The van der Waals surface area contributed by atoms with Crippen molar-refractivity contribution in [2.45, 2.75) is 261 Å². The number of aliphatic hydroxyl groups is 7. The van der Waals surface area contributed by atoms with Crippen molar-refractivity contribution >= 4 is 5.97 Å². The molecule has 11 unspecified atom stereocenters. The highest BCUT2D eigenvalue weighted by molar-refractivity contribution is 5.69. The Labute approximate surface area is 476 Å². The van der Waals surface area contributed by atoms with Crippen molar-refractivity contribution in [1.82, 2.24) is 0 Å².